The molecule has 0 spiro atoms. The fourth-order valence-corrected chi connectivity index (χ4v) is 4.91. The monoisotopic (exact) mass is 529 g/mol. The lowest BCUT2D eigenvalue weighted by Gasteiger charge is -2.36. The lowest BCUT2D eigenvalue weighted by molar-refractivity contribution is -0.128. The molecule has 0 saturated carbocycles. The molecule has 2 aromatic rings. The topological polar surface area (TPSA) is 83.5 Å². The molecule has 0 unspecified atom stereocenters. The Kier molecular flexibility index (Phi) is 9.04. The Labute approximate surface area is 220 Å². The summed E-state index contributed by atoms with van der Waals surface area (Å²) in [7, 11) is 1.08. The van der Waals surface area contributed by atoms with Crippen molar-refractivity contribution in [2.45, 2.75) is 71.0 Å². The van der Waals surface area contributed by atoms with Crippen molar-refractivity contribution < 1.29 is 33.0 Å². The molecule has 2 atom stereocenters. The normalized spacial score (nSPS) is 18.1. The van der Waals surface area contributed by atoms with Crippen LogP contribution in [-0.2, 0) is 31.7 Å². The van der Waals surface area contributed by atoms with E-state index in [0.29, 0.717) is 23.7 Å². The van der Waals surface area contributed by atoms with Crippen LogP contribution in [0.4, 0.5) is 4.79 Å². The second-order valence-corrected chi connectivity index (χ2v) is 15.6. The van der Waals surface area contributed by atoms with Gasteiger partial charge in [-0.2, -0.15) is 0 Å². The minimum absolute atomic E-state index is 0.00238. The first-order valence-electron chi connectivity index (χ1n) is 12.4. The van der Waals surface area contributed by atoms with Crippen molar-refractivity contribution in [3.05, 3.63) is 59.2 Å². The number of ether oxygens (including phenoxy) is 4. The molecule has 0 radical (unpaired) electrons. The highest BCUT2D eigenvalue weighted by Gasteiger charge is 2.43. The van der Waals surface area contributed by atoms with Gasteiger partial charge in [0, 0.05) is 24.3 Å². The third-order valence-corrected chi connectivity index (χ3v) is 11.7. The van der Waals surface area contributed by atoms with Crippen molar-refractivity contribution in [1.29, 1.82) is 0 Å². The second kappa shape index (κ2) is 11.7. The highest BCUT2D eigenvalue weighted by Crippen LogP contribution is 2.39. The van der Waals surface area contributed by atoms with Gasteiger partial charge in [0.25, 0.3) is 0 Å². The van der Waals surface area contributed by atoms with Crippen molar-refractivity contribution in [3.63, 3.8) is 0 Å². The van der Waals surface area contributed by atoms with E-state index < -0.39 is 26.6 Å². The summed E-state index contributed by atoms with van der Waals surface area (Å²) in [5, 5.41) is 0.0437. The van der Waals surface area contributed by atoms with Crippen LogP contribution in [0.3, 0.4) is 0 Å². The zero-order valence-electron chi connectivity index (χ0n) is 23.1. The van der Waals surface area contributed by atoms with Gasteiger partial charge < -0.3 is 23.4 Å². The van der Waals surface area contributed by atoms with Gasteiger partial charge in [0.05, 0.1) is 26.2 Å². The highest BCUT2D eigenvalue weighted by molar-refractivity contribution is 6.74. The molecule has 2 amide bonds. The third kappa shape index (κ3) is 6.52. The van der Waals surface area contributed by atoms with Crippen LogP contribution in [0.15, 0.2) is 42.5 Å². The van der Waals surface area contributed by atoms with Crippen LogP contribution in [0.25, 0.3) is 0 Å². The summed E-state index contributed by atoms with van der Waals surface area (Å²) in [5.74, 6) is 0.668. The standard InChI is InChI=1S/C28H39NO7Si/c1-19-26(20-12-10-9-11-13-20)36-27(31)29(19)25(30)15-21-14-22(17-35-37(7,8)28(2,3)4)23(33-6)16-24(21)34-18-32-5/h9-14,16,19,26H,15,17-18H2,1-8H3/t19-,26-/m1/s1. The quantitative estimate of drug-likeness (QED) is 0.282. The summed E-state index contributed by atoms with van der Waals surface area (Å²) in [6, 6.07) is 12.6. The fourth-order valence-electron chi connectivity index (χ4n) is 3.96. The first-order valence-corrected chi connectivity index (χ1v) is 15.3. The number of cyclic esters (lactones) is 1. The summed E-state index contributed by atoms with van der Waals surface area (Å²) in [6.45, 7) is 13.1. The molecule has 3 rings (SSSR count). The highest BCUT2D eigenvalue weighted by atomic mass is 28.4. The summed E-state index contributed by atoms with van der Waals surface area (Å²) in [6.07, 6.45) is -1.23. The summed E-state index contributed by atoms with van der Waals surface area (Å²) in [5.41, 5.74) is 2.26. The second-order valence-electron chi connectivity index (χ2n) is 10.8. The molecule has 9 heteroatoms. The molecule has 0 N–H and O–H groups in total. The minimum Gasteiger partial charge on any atom is -0.496 e. The van der Waals surface area contributed by atoms with E-state index in [0.717, 1.165) is 11.1 Å². The SMILES string of the molecule is COCOc1cc(OC)c(CO[Si](C)(C)C(C)(C)C)cc1CC(=O)N1C(=O)O[C@@H](c2ccccc2)[C@H]1C. The smallest absolute Gasteiger partial charge is 0.417 e. The van der Waals surface area contributed by atoms with Crippen LogP contribution in [0.5, 0.6) is 11.5 Å². The number of methoxy groups -OCH3 is 2. The van der Waals surface area contributed by atoms with Gasteiger partial charge in [0.1, 0.15) is 17.6 Å². The van der Waals surface area contributed by atoms with Crippen molar-refractivity contribution in [1.82, 2.24) is 4.90 Å². The fraction of sp³-hybridized carbons (Fsp3) is 0.500. The molecule has 0 aromatic heterocycles. The van der Waals surface area contributed by atoms with Gasteiger partial charge in [0.15, 0.2) is 15.1 Å². The number of hydrogen-bond donors (Lipinski definition) is 0. The Morgan fingerprint density at radius 1 is 1.05 bits per heavy atom. The molecule has 1 fully saturated rings. The lowest BCUT2D eigenvalue weighted by atomic mass is 10.0. The first kappa shape index (κ1) is 28.7. The number of carbonyl (C=O) groups is 2. The molecular formula is C28H39NO7Si. The summed E-state index contributed by atoms with van der Waals surface area (Å²) < 4.78 is 28.5. The van der Waals surface area contributed by atoms with Gasteiger partial charge in [-0.3, -0.25) is 4.79 Å². The van der Waals surface area contributed by atoms with Gasteiger partial charge >= 0.3 is 6.09 Å². The number of hydrogen-bond acceptors (Lipinski definition) is 7. The van der Waals surface area contributed by atoms with Gasteiger partial charge in [0.2, 0.25) is 5.91 Å². The maximum Gasteiger partial charge on any atom is 0.417 e. The molecule has 37 heavy (non-hydrogen) atoms. The van der Waals surface area contributed by atoms with Crippen molar-refractivity contribution >= 4 is 20.3 Å². The van der Waals surface area contributed by atoms with Crippen LogP contribution in [0, 0.1) is 0 Å². The third-order valence-electron chi connectivity index (χ3n) is 7.20. The molecule has 1 aliphatic rings. The van der Waals surface area contributed by atoms with Gasteiger partial charge in [-0.1, -0.05) is 51.1 Å². The average molecular weight is 530 g/mol. The Morgan fingerprint density at radius 3 is 2.32 bits per heavy atom. The van der Waals surface area contributed by atoms with E-state index in [-0.39, 0.29) is 24.2 Å². The summed E-state index contributed by atoms with van der Waals surface area (Å²) >= 11 is 0. The molecule has 1 aliphatic heterocycles. The zero-order chi connectivity index (χ0) is 27.4. The van der Waals surface area contributed by atoms with Crippen LogP contribution in [0.2, 0.25) is 18.1 Å². The number of carbonyl (C=O) groups excluding carboxylic acids is 2. The molecule has 2 aromatic carbocycles. The Bertz CT molecular complexity index is 1100. The van der Waals surface area contributed by atoms with Crippen LogP contribution >= 0.6 is 0 Å². The minimum atomic E-state index is -2.03. The van der Waals surface area contributed by atoms with Crippen molar-refractivity contribution in [2.24, 2.45) is 0 Å². The van der Waals surface area contributed by atoms with Gasteiger partial charge in [-0.25, -0.2) is 9.69 Å². The van der Waals surface area contributed by atoms with Crippen molar-refractivity contribution in [2.75, 3.05) is 21.0 Å². The van der Waals surface area contributed by atoms with E-state index in [2.05, 4.69) is 33.9 Å². The van der Waals surface area contributed by atoms with Gasteiger partial charge in [-0.05, 0) is 36.7 Å². The Morgan fingerprint density at radius 2 is 1.73 bits per heavy atom. The number of amides is 2. The summed E-state index contributed by atoms with van der Waals surface area (Å²) in [4.78, 5) is 27.4. The van der Waals surface area contributed by atoms with Crippen LogP contribution < -0.4 is 9.47 Å². The molecule has 0 aliphatic carbocycles. The maximum absolute atomic E-state index is 13.4. The molecular weight excluding hydrogens is 490 g/mol. The molecule has 1 saturated heterocycles. The number of benzene rings is 2. The zero-order valence-corrected chi connectivity index (χ0v) is 24.1. The van der Waals surface area contributed by atoms with Crippen LogP contribution in [-0.4, -0.2) is 52.3 Å². The number of rotatable bonds is 10. The first-order chi connectivity index (χ1) is 17.4. The average Bonchev–Trinajstić information content (AvgIpc) is 3.15. The Hall–Kier alpha value is -2.88. The van der Waals surface area contributed by atoms with E-state index in [1.165, 1.54) is 12.0 Å². The van der Waals surface area contributed by atoms with Gasteiger partial charge in [-0.15, -0.1) is 0 Å². The lowest BCUT2D eigenvalue weighted by Crippen LogP contribution is -2.40. The van der Waals surface area contributed by atoms with E-state index in [1.54, 1.807) is 13.2 Å². The molecule has 8 nitrogen and oxygen atoms in total. The van der Waals surface area contributed by atoms with E-state index in [9.17, 15) is 9.59 Å². The van der Waals surface area contributed by atoms with E-state index in [1.807, 2.05) is 43.3 Å². The van der Waals surface area contributed by atoms with Crippen LogP contribution in [0.1, 0.15) is 50.5 Å². The van der Waals surface area contributed by atoms with Crippen molar-refractivity contribution in [3.8, 4) is 11.5 Å². The van der Waals surface area contributed by atoms with E-state index >= 15 is 0 Å². The predicted octanol–water partition coefficient (Wildman–Crippen LogP) is 5.85. The van der Waals surface area contributed by atoms with E-state index in [4.69, 9.17) is 23.4 Å². The number of nitrogens with zero attached hydrogens (tertiary/aromatic N) is 1. The number of imide groups is 1. The molecule has 0 bridgehead atoms. The molecule has 202 valence electrons. The Balaban J connectivity index is 1.88. The largest absolute Gasteiger partial charge is 0.496 e. The predicted molar refractivity (Wildman–Crippen MR) is 143 cm³/mol. The molecule has 1 heterocycles. The maximum atomic E-state index is 13.4.